The summed E-state index contributed by atoms with van der Waals surface area (Å²) in [5.41, 5.74) is 4.06. The molecular formula is C20H18BrN5. The van der Waals surface area contributed by atoms with Crippen molar-refractivity contribution < 1.29 is 0 Å². The van der Waals surface area contributed by atoms with Crippen molar-refractivity contribution in [1.29, 1.82) is 0 Å². The maximum absolute atomic E-state index is 4.55. The highest BCUT2D eigenvalue weighted by Crippen LogP contribution is 2.25. The van der Waals surface area contributed by atoms with Crippen LogP contribution in [0.2, 0.25) is 0 Å². The van der Waals surface area contributed by atoms with Gasteiger partial charge in [-0.3, -0.25) is 9.97 Å². The normalized spacial score (nSPS) is 11.0. The quantitative estimate of drug-likeness (QED) is 0.495. The molecule has 0 radical (unpaired) electrons. The highest BCUT2D eigenvalue weighted by Gasteiger charge is 2.12. The molecule has 0 atom stereocenters. The van der Waals surface area contributed by atoms with Gasteiger partial charge in [-0.2, -0.15) is 0 Å². The van der Waals surface area contributed by atoms with Crippen molar-refractivity contribution >= 4 is 32.7 Å². The summed E-state index contributed by atoms with van der Waals surface area (Å²) in [5.74, 6) is 1.01. The molecule has 4 rings (SSSR count). The first-order valence-electron chi connectivity index (χ1n) is 8.36. The predicted molar refractivity (Wildman–Crippen MR) is 107 cm³/mol. The lowest BCUT2D eigenvalue weighted by Crippen LogP contribution is -2.20. The standard InChI is InChI=1S/C20H18BrN5/c1-25(18-7-8-22-17-11-16(21)12-24-20(17)18)14-19-23-9-10-26(19)13-15-5-3-2-4-6-15/h2-12H,13-14H2,1H3. The molecule has 26 heavy (non-hydrogen) atoms. The number of hydrogen-bond donors (Lipinski definition) is 0. The number of benzene rings is 1. The van der Waals surface area contributed by atoms with Crippen LogP contribution in [-0.2, 0) is 13.1 Å². The zero-order valence-electron chi connectivity index (χ0n) is 14.4. The van der Waals surface area contributed by atoms with Crippen molar-refractivity contribution in [3.8, 4) is 0 Å². The molecule has 0 aliphatic carbocycles. The number of hydrogen-bond acceptors (Lipinski definition) is 4. The Hall–Kier alpha value is -2.73. The summed E-state index contributed by atoms with van der Waals surface area (Å²) in [7, 11) is 2.06. The van der Waals surface area contributed by atoms with E-state index in [9.17, 15) is 0 Å². The first-order chi connectivity index (χ1) is 12.7. The van der Waals surface area contributed by atoms with Gasteiger partial charge in [-0.15, -0.1) is 0 Å². The van der Waals surface area contributed by atoms with Gasteiger partial charge in [0.1, 0.15) is 11.3 Å². The van der Waals surface area contributed by atoms with Gasteiger partial charge in [0.2, 0.25) is 0 Å². The minimum absolute atomic E-state index is 0.691. The SMILES string of the molecule is CN(Cc1nccn1Cc1ccccc1)c1ccnc2cc(Br)cnc12. The number of nitrogens with zero attached hydrogens (tertiary/aromatic N) is 5. The number of rotatable bonds is 5. The predicted octanol–water partition coefficient (Wildman–Crippen LogP) is 4.27. The number of halogens is 1. The van der Waals surface area contributed by atoms with Crippen LogP contribution in [0, 0.1) is 0 Å². The summed E-state index contributed by atoms with van der Waals surface area (Å²) in [6.07, 6.45) is 7.50. The molecule has 6 heteroatoms. The van der Waals surface area contributed by atoms with E-state index >= 15 is 0 Å². The zero-order chi connectivity index (χ0) is 17.9. The van der Waals surface area contributed by atoms with Crippen molar-refractivity contribution in [3.05, 3.63) is 83.1 Å². The Labute approximate surface area is 160 Å². The van der Waals surface area contributed by atoms with Crippen LogP contribution in [0.25, 0.3) is 11.0 Å². The lowest BCUT2D eigenvalue weighted by Gasteiger charge is -2.20. The van der Waals surface area contributed by atoms with E-state index in [-0.39, 0.29) is 0 Å². The van der Waals surface area contributed by atoms with E-state index in [1.54, 1.807) is 6.20 Å². The van der Waals surface area contributed by atoms with Crippen LogP contribution in [0.1, 0.15) is 11.4 Å². The van der Waals surface area contributed by atoms with Crippen LogP contribution >= 0.6 is 15.9 Å². The van der Waals surface area contributed by atoms with E-state index in [0.717, 1.165) is 33.6 Å². The topological polar surface area (TPSA) is 46.8 Å². The van der Waals surface area contributed by atoms with Crippen LogP contribution in [0.15, 0.2) is 71.7 Å². The largest absolute Gasteiger partial charge is 0.365 e. The monoisotopic (exact) mass is 407 g/mol. The second kappa shape index (κ2) is 7.25. The van der Waals surface area contributed by atoms with E-state index in [1.165, 1.54) is 5.56 Å². The molecule has 0 aliphatic heterocycles. The highest BCUT2D eigenvalue weighted by molar-refractivity contribution is 9.10. The summed E-state index contributed by atoms with van der Waals surface area (Å²) >= 11 is 3.45. The molecule has 1 aromatic carbocycles. The second-order valence-electron chi connectivity index (χ2n) is 6.16. The Morgan fingerprint density at radius 2 is 1.88 bits per heavy atom. The van der Waals surface area contributed by atoms with Crippen molar-refractivity contribution in [2.24, 2.45) is 0 Å². The lowest BCUT2D eigenvalue weighted by atomic mass is 10.2. The van der Waals surface area contributed by atoms with Crippen molar-refractivity contribution in [1.82, 2.24) is 19.5 Å². The minimum atomic E-state index is 0.691. The molecule has 0 aliphatic rings. The van der Waals surface area contributed by atoms with Crippen molar-refractivity contribution in [2.45, 2.75) is 13.1 Å². The fourth-order valence-corrected chi connectivity index (χ4v) is 3.33. The van der Waals surface area contributed by atoms with E-state index in [0.29, 0.717) is 6.54 Å². The molecule has 0 bridgehead atoms. The Bertz CT molecular complexity index is 1030. The molecule has 0 saturated heterocycles. The van der Waals surface area contributed by atoms with E-state index in [4.69, 9.17) is 0 Å². The van der Waals surface area contributed by atoms with Crippen molar-refractivity contribution in [3.63, 3.8) is 0 Å². The molecule has 4 aromatic rings. The Balaban J connectivity index is 1.60. The minimum Gasteiger partial charge on any atom is -0.365 e. The first-order valence-corrected chi connectivity index (χ1v) is 9.15. The van der Waals surface area contributed by atoms with Gasteiger partial charge in [-0.05, 0) is 33.6 Å². The van der Waals surface area contributed by atoms with Crippen LogP contribution < -0.4 is 4.90 Å². The van der Waals surface area contributed by atoms with Gasteiger partial charge in [0.15, 0.2) is 0 Å². The molecule has 130 valence electrons. The third-order valence-corrected chi connectivity index (χ3v) is 4.74. The highest BCUT2D eigenvalue weighted by atomic mass is 79.9. The van der Waals surface area contributed by atoms with E-state index < -0.39 is 0 Å². The summed E-state index contributed by atoms with van der Waals surface area (Å²) in [6.45, 7) is 1.50. The molecular weight excluding hydrogens is 390 g/mol. The van der Waals surface area contributed by atoms with Gasteiger partial charge >= 0.3 is 0 Å². The fraction of sp³-hybridized carbons (Fsp3) is 0.150. The van der Waals surface area contributed by atoms with Crippen LogP contribution in [0.4, 0.5) is 5.69 Å². The average molecular weight is 408 g/mol. The van der Waals surface area contributed by atoms with Gasteiger partial charge in [-0.1, -0.05) is 30.3 Å². The maximum Gasteiger partial charge on any atom is 0.128 e. The molecule has 0 unspecified atom stereocenters. The third-order valence-electron chi connectivity index (χ3n) is 4.31. The van der Waals surface area contributed by atoms with Gasteiger partial charge < -0.3 is 9.47 Å². The average Bonchev–Trinajstić information content (AvgIpc) is 3.08. The lowest BCUT2D eigenvalue weighted by molar-refractivity contribution is 0.707. The fourth-order valence-electron chi connectivity index (χ4n) is 3.01. The molecule has 0 fully saturated rings. The van der Waals surface area contributed by atoms with Gasteiger partial charge in [0, 0.05) is 42.9 Å². The number of fused-ring (bicyclic) bond motifs is 1. The molecule has 0 saturated carbocycles. The molecule has 3 heterocycles. The summed E-state index contributed by atoms with van der Waals surface area (Å²) < 4.78 is 3.11. The number of pyridine rings is 2. The molecule has 5 nitrogen and oxygen atoms in total. The van der Waals surface area contributed by atoms with Crippen LogP contribution in [-0.4, -0.2) is 26.6 Å². The number of anilines is 1. The maximum atomic E-state index is 4.55. The summed E-state index contributed by atoms with van der Waals surface area (Å²) in [6, 6.07) is 14.4. The second-order valence-corrected chi connectivity index (χ2v) is 7.08. The van der Waals surface area contributed by atoms with E-state index in [2.05, 4.69) is 71.7 Å². The first kappa shape index (κ1) is 16.7. The van der Waals surface area contributed by atoms with Gasteiger partial charge in [0.05, 0.1) is 17.7 Å². The van der Waals surface area contributed by atoms with Gasteiger partial charge in [-0.25, -0.2) is 4.98 Å². The zero-order valence-corrected chi connectivity index (χ0v) is 16.0. The Morgan fingerprint density at radius 3 is 2.73 bits per heavy atom. The summed E-state index contributed by atoms with van der Waals surface area (Å²) in [5, 5.41) is 0. The third kappa shape index (κ3) is 3.46. The molecule has 0 spiro atoms. The number of aromatic nitrogens is 4. The van der Waals surface area contributed by atoms with Gasteiger partial charge in [0.25, 0.3) is 0 Å². The Morgan fingerprint density at radius 1 is 1.04 bits per heavy atom. The molecule has 0 N–H and O–H groups in total. The molecule has 0 amide bonds. The van der Waals surface area contributed by atoms with Crippen molar-refractivity contribution in [2.75, 3.05) is 11.9 Å². The van der Waals surface area contributed by atoms with E-state index in [1.807, 2.05) is 36.8 Å². The summed E-state index contributed by atoms with van der Waals surface area (Å²) in [4.78, 5) is 15.7. The number of imidazole rings is 1. The van der Waals surface area contributed by atoms with Crippen LogP contribution in [0.5, 0.6) is 0 Å². The Kier molecular flexibility index (Phi) is 4.67. The smallest absolute Gasteiger partial charge is 0.128 e. The molecule has 3 aromatic heterocycles. The van der Waals surface area contributed by atoms with Crippen LogP contribution in [0.3, 0.4) is 0 Å².